The molecule has 0 radical (unpaired) electrons. The van der Waals surface area contributed by atoms with E-state index in [4.69, 9.17) is 4.52 Å². The largest absolute Gasteiger partial charge is 0.361 e. The molecule has 1 aliphatic rings. The molecule has 2 aromatic heterocycles. The van der Waals surface area contributed by atoms with E-state index >= 15 is 0 Å². The van der Waals surface area contributed by atoms with Crippen LogP contribution in [0.3, 0.4) is 0 Å². The van der Waals surface area contributed by atoms with Crippen molar-refractivity contribution in [2.75, 3.05) is 6.54 Å². The maximum absolute atomic E-state index is 12.7. The van der Waals surface area contributed by atoms with Crippen LogP contribution in [0.4, 0.5) is 0 Å². The Kier molecular flexibility index (Phi) is 3.53. The smallest absolute Gasteiger partial charge is 0.274 e. The molecular weight excluding hydrogens is 268 g/mol. The monoisotopic (exact) mass is 288 g/mol. The van der Waals surface area contributed by atoms with Crippen LogP contribution in [0.5, 0.6) is 0 Å². The lowest BCUT2D eigenvalue weighted by molar-refractivity contribution is 0.0727. The summed E-state index contributed by atoms with van der Waals surface area (Å²) in [5.74, 6) is 0.874. The van der Waals surface area contributed by atoms with Gasteiger partial charge in [-0.05, 0) is 25.8 Å². The fraction of sp³-hybridized carbons (Fsp3) is 0.533. The average Bonchev–Trinajstić information content (AvgIpc) is 3.17. The third-order valence-electron chi connectivity index (χ3n) is 4.08. The van der Waals surface area contributed by atoms with Crippen LogP contribution in [0, 0.1) is 6.92 Å². The van der Waals surface area contributed by atoms with Crippen molar-refractivity contribution in [2.45, 2.75) is 39.2 Å². The minimum atomic E-state index is -0.0132. The first-order valence-electron chi connectivity index (χ1n) is 7.37. The summed E-state index contributed by atoms with van der Waals surface area (Å²) < 4.78 is 7.04. The van der Waals surface area contributed by atoms with Crippen LogP contribution < -0.4 is 0 Å². The summed E-state index contributed by atoms with van der Waals surface area (Å²) in [6.45, 7) is 4.75. The second-order valence-electron chi connectivity index (χ2n) is 5.49. The number of hydrogen-bond acceptors (Lipinski definition) is 4. The molecule has 0 N–H and O–H groups in total. The van der Waals surface area contributed by atoms with Gasteiger partial charge in [-0.2, -0.15) is 5.10 Å². The van der Waals surface area contributed by atoms with Gasteiger partial charge < -0.3 is 9.42 Å². The molecule has 112 valence electrons. The minimum absolute atomic E-state index is 0.0132. The van der Waals surface area contributed by atoms with E-state index in [0.29, 0.717) is 5.69 Å². The molecule has 6 heteroatoms. The predicted molar refractivity (Wildman–Crippen MR) is 76.8 cm³/mol. The molecule has 6 nitrogen and oxygen atoms in total. The zero-order valence-corrected chi connectivity index (χ0v) is 12.7. The first-order chi connectivity index (χ1) is 10.1. The van der Waals surface area contributed by atoms with Gasteiger partial charge in [0.1, 0.15) is 11.5 Å². The van der Waals surface area contributed by atoms with Crippen molar-refractivity contribution in [3.05, 3.63) is 35.0 Å². The van der Waals surface area contributed by atoms with Crippen molar-refractivity contribution in [2.24, 2.45) is 7.05 Å². The predicted octanol–water partition coefficient (Wildman–Crippen LogP) is 2.26. The van der Waals surface area contributed by atoms with E-state index < -0.39 is 0 Å². The SMILES string of the molecule is CCc1onc(C)c1[C@H]1CCCN1C(=O)c1ccn(C)n1. The van der Waals surface area contributed by atoms with Gasteiger partial charge in [-0.3, -0.25) is 9.48 Å². The number of aryl methyl sites for hydroxylation is 3. The maximum Gasteiger partial charge on any atom is 0.274 e. The quantitative estimate of drug-likeness (QED) is 0.869. The Balaban J connectivity index is 1.92. The molecule has 1 amide bonds. The van der Waals surface area contributed by atoms with E-state index in [1.165, 1.54) is 0 Å². The van der Waals surface area contributed by atoms with Crippen LogP contribution >= 0.6 is 0 Å². The van der Waals surface area contributed by atoms with E-state index in [2.05, 4.69) is 10.3 Å². The molecule has 1 aliphatic heterocycles. The molecule has 2 aromatic rings. The number of rotatable bonds is 3. The Bertz CT molecular complexity index is 658. The third-order valence-corrected chi connectivity index (χ3v) is 4.08. The first kappa shape index (κ1) is 13.9. The normalized spacial score (nSPS) is 18.4. The highest BCUT2D eigenvalue weighted by Crippen LogP contribution is 2.36. The van der Waals surface area contributed by atoms with Crippen molar-refractivity contribution in [3.8, 4) is 0 Å². The molecule has 1 fully saturated rings. The van der Waals surface area contributed by atoms with Gasteiger partial charge in [0.15, 0.2) is 0 Å². The molecule has 0 aliphatic carbocycles. The molecule has 3 heterocycles. The summed E-state index contributed by atoms with van der Waals surface area (Å²) in [4.78, 5) is 14.6. The number of nitrogens with zero attached hydrogens (tertiary/aromatic N) is 4. The van der Waals surface area contributed by atoms with Crippen molar-refractivity contribution in [1.82, 2.24) is 19.8 Å². The molecule has 0 aromatic carbocycles. The highest BCUT2D eigenvalue weighted by atomic mass is 16.5. The minimum Gasteiger partial charge on any atom is -0.361 e. The van der Waals surface area contributed by atoms with Gasteiger partial charge >= 0.3 is 0 Å². The van der Waals surface area contributed by atoms with E-state index in [1.54, 1.807) is 16.9 Å². The molecule has 0 unspecified atom stereocenters. The van der Waals surface area contributed by atoms with Gasteiger partial charge in [0, 0.05) is 31.8 Å². The molecule has 0 bridgehead atoms. The zero-order chi connectivity index (χ0) is 15.0. The molecule has 0 saturated carbocycles. The molecule has 1 atom stereocenters. The molecule has 1 saturated heterocycles. The van der Waals surface area contributed by atoms with Crippen LogP contribution in [-0.2, 0) is 13.5 Å². The van der Waals surface area contributed by atoms with Crippen molar-refractivity contribution in [3.63, 3.8) is 0 Å². The number of aromatic nitrogens is 3. The van der Waals surface area contributed by atoms with E-state index in [9.17, 15) is 4.79 Å². The van der Waals surface area contributed by atoms with Crippen LogP contribution in [0.25, 0.3) is 0 Å². The zero-order valence-electron chi connectivity index (χ0n) is 12.7. The summed E-state index contributed by atoms with van der Waals surface area (Å²) in [5.41, 5.74) is 2.47. The lowest BCUT2D eigenvalue weighted by atomic mass is 10.0. The van der Waals surface area contributed by atoms with Gasteiger partial charge in [0.25, 0.3) is 5.91 Å². The summed E-state index contributed by atoms with van der Waals surface area (Å²) in [6, 6.07) is 1.82. The average molecular weight is 288 g/mol. The number of hydrogen-bond donors (Lipinski definition) is 0. The molecule has 3 rings (SSSR count). The van der Waals surface area contributed by atoms with Crippen LogP contribution in [0.15, 0.2) is 16.8 Å². The number of carbonyl (C=O) groups is 1. The van der Waals surface area contributed by atoms with E-state index in [1.807, 2.05) is 25.8 Å². The fourth-order valence-corrected chi connectivity index (χ4v) is 3.09. The van der Waals surface area contributed by atoms with Crippen molar-refractivity contribution >= 4 is 5.91 Å². The van der Waals surface area contributed by atoms with Crippen molar-refractivity contribution < 1.29 is 9.32 Å². The van der Waals surface area contributed by atoms with Crippen LogP contribution in [0.1, 0.15) is 53.3 Å². The molecule has 21 heavy (non-hydrogen) atoms. The summed E-state index contributed by atoms with van der Waals surface area (Å²) in [5, 5.41) is 8.29. The van der Waals surface area contributed by atoms with Crippen LogP contribution in [0.2, 0.25) is 0 Å². The lowest BCUT2D eigenvalue weighted by Gasteiger charge is -2.24. The van der Waals surface area contributed by atoms with Crippen molar-refractivity contribution in [1.29, 1.82) is 0 Å². The van der Waals surface area contributed by atoms with Crippen LogP contribution in [-0.4, -0.2) is 32.3 Å². The topological polar surface area (TPSA) is 64.2 Å². The molecule has 0 spiro atoms. The maximum atomic E-state index is 12.7. The van der Waals surface area contributed by atoms with Gasteiger partial charge in [-0.1, -0.05) is 12.1 Å². The third kappa shape index (κ3) is 2.34. The van der Waals surface area contributed by atoms with Gasteiger partial charge in [-0.25, -0.2) is 0 Å². The standard InChI is InChI=1S/C15H20N4O2/c1-4-13-14(10(2)17-21-13)12-6-5-8-19(12)15(20)11-7-9-18(3)16-11/h7,9,12H,4-6,8H2,1-3H3/t12-/m1/s1. The molecular formula is C15H20N4O2. The Labute approximate surface area is 123 Å². The van der Waals surface area contributed by atoms with Gasteiger partial charge in [-0.15, -0.1) is 0 Å². The Morgan fingerprint density at radius 3 is 3.00 bits per heavy atom. The highest BCUT2D eigenvalue weighted by molar-refractivity contribution is 5.92. The fourth-order valence-electron chi connectivity index (χ4n) is 3.09. The number of likely N-dealkylation sites (tertiary alicyclic amines) is 1. The van der Waals surface area contributed by atoms with Gasteiger partial charge in [0.2, 0.25) is 0 Å². The van der Waals surface area contributed by atoms with E-state index in [0.717, 1.165) is 42.8 Å². The lowest BCUT2D eigenvalue weighted by Crippen LogP contribution is -2.31. The summed E-state index contributed by atoms with van der Waals surface area (Å²) in [6.07, 6.45) is 4.53. The summed E-state index contributed by atoms with van der Waals surface area (Å²) in [7, 11) is 1.82. The first-order valence-corrected chi connectivity index (χ1v) is 7.37. The number of amides is 1. The highest BCUT2D eigenvalue weighted by Gasteiger charge is 2.35. The Hall–Kier alpha value is -2.11. The second-order valence-corrected chi connectivity index (χ2v) is 5.49. The second kappa shape index (κ2) is 5.35. The summed E-state index contributed by atoms with van der Waals surface area (Å²) >= 11 is 0. The number of carbonyl (C=O) groups excluding carboxylic acids is 1. The van der Waals surface area contributed by atoms with Gasteiger partial charge in [0.05, 0.1) is 11.7 Å². The van der Waals surface area contributed by atoms with E-state index in [-0.39, 0.29) is 11.9 Å². The Morgan fingerprint density at radius 2 is 2.33 bits per heavy atom. The Morgan fingerprint density at radius 1 is 1.52 bits per heavy atom.